The van der Waals surface area contributed by atoms with Gasteiger partial charge in [0.1, 0.15) is 0 Å². The summed E-state index contributed by atoms with van der Waals surface area (Å²) in [4.78, 5) is 11.1. The molecule has 1 N–H and O–H groups in total. The van der Waals surface area contributed by atoms with Crippen molar-refractivity contribution in [2.45, 2.75) is 13.1 Å². The Hall–Kier alpha value is -1.69. The predicted octanol–water partition coefficient (Wildman–Crippen LogP) is 3.89. The average Bonchev–Trinajstić information content (AvgIpc) is 2.38. The van der Waals surface area contributed by atoms with Crippen LogP contribution in [-0.2, 0) is 15.7 Å². The molecule has 0 aliphatic carbocycles. The first-order chi connectivity index (χ1) is 9.25. The van der Waals surface area contributed by atoms with Crippen molar-refractivity contribution in [2.24, 2.45) is 0 Å². The smallest absolute Gasteiger partial charge is 0.416 e. The Balaban J connectivity index is 2.73. The highest BCUT2D eigenvalue weighted by atomic mass is 35.5. The number of rotatable bonds is 4. The highest BCUT2D eigenvalue weighted by molar-refractivity contribution is 6.33. The second-order valence-corrected chi connectivity index (χ2v) is 4.36. The lowest BCUT2D eigenvalue weighted by Crippen LogP contribution is -2.07. The molecule has 0 aromatic heterocycles. The molecular weight excluding hydrogens is 295 g/mol. The highest BCUT2D eigenvalue weighted by Crippen LogP contribution is 2.33. The number of esters is 1. The van der Waals surface area contributed by atoms with Crippen molar-refractivity contribution < 1.29 is 22.7 Å². The predicted molar refractivity (Wildman–Crippen MR) is 70.7 cm³/mol. The summed E-state index contributed by atoms with van der Waals surface area (Å²) in [6.07, 6.45) is -2.87. The summed E-state index contributed by atoms with van der Waals surface area (Å²) < 4.78 is 41.8. The zero-order chi connectivity index (χ0) is 15.3. The molecule has 0 unspecified atom stereocenters. The number of hydrogen-bond donors (Lipinski definition) is 1. The number of ether oxygens (including phenoxy) is 1. The summed E-state index contributed by atoms with van der Waals surface area (Å²) >= 11 is 5.77. The number of halogens is 4. The molecule has 0 atom stereocenters. The third-order valence-electron chi connectivity index (χ3n) is 2.50. The van der Waals surface area contributed by atoms with Gasteiger partial charge in [-0.1, -0.05) is 17.7 Å². The van der Waals surface area contributed by atoms with E-state index in [0.717, 1.165) is 12.1 Å². The standard InChI is InChI=1S/C13H13ClF3NO2/c1-8(12(19)20-2)5-6-18-11-4-3-9(7-10(11)14)13(15,16)17/h3-5,7,18H,6H2,1-2H3/b8-5+. The SMILES string of the molecule is COC(=O)/C(C)=C/CNc1ccc(C(F)(F)F)cc1Cl. The number of hydrogen-bond acceptors (Lipinski definition) is 3. The molecule has 0 saturated heterocycles. The van der Waals surface area contributed by atoms with E-state index in [1.807, 2.05) is 0 Å². The number of benzene rings is 1. The van der Waals surface area contributed by atoms with Crippen LogP contribution in [0.25, 0.3) is 0 Å². The van der Waals surface area contributed by atoms with Gasteiger partial charge in [0, 0.05) is 12.1 Å². The van der Waals surface area contributed by atoms with E-state index in [2.05, 4.69) is 10.1 Å². The largest absolute Gasteiger partial charge is 0.466 e. The van der Waals surface area contributed by atoms with Gasteiger partial charge in [0.2, 0.25) is 0 Å². The fraction of sp³-hybridized carbons (Fsp3) is 0.308. The van der Waals surface area contributed by atoms with Crippen LogP contribution < -0.4 is 5.32 Å². The summed E-state index contributed by atoms with van der Waals surface area (Å²) in [5.74, 6) is -0.467. The van der Waals surface area contributed by atoms with E-state index in [4.69, 9.17) is 11.6 Å². The molecule has 0 radical (unpaired) electrons. The highest BCUT2D eigenvalue weighted by Gasteiger charge is 2.30. The van der Waals surface area contributed by atoms with Crippen molar-refractivity contribution in [3.63, 3.8) is 0 Å². The molecule has 20 heavy (non-hydrogen) atoms. The van der Waals surface area contributed by atoms with Gasteiger partial charge in [-0.3, -0.25) is 0 Å². The maximum atomic E-state index is 12.4. The maximum Gasteiger partial charge on any atom is 0.416 e. The molecule has 1 aromatic rings. The molecule has 0 amide bonds. The summed E-state index contributed by atoms with van der Waals surface area (Å²) in [5.41, 5.74) is -0.0639. The van der Waals surface area contributed by atoms with E-state index in [0.29, 0.717) is 11.3 Å². The second-order valence-electron chi connectivity index (χ2n) is 3.95. The first-order valence-electron chi connectivity index (χ1n) is 5.61. The molecule has 0 heterocycles. The van der Waals surface area contributed by atoms with Crippen LogP contribution in [0, 0.1) is 0 Å². The van der Waals surface area contributed by atoms with E-state index in [9.17, 15) is 18.0 Å². The molecule has 0 spiro atoms. The number of anilines is 1. The molecule has 0 aliphatic rings. The van der Waals surface area contributed by atoms with Gasteiger partial charge in [-0.25, -0.2) is 4.79 Å². The van der Waals surface area contributed by atoms with Crippen molar-refractivity contribution in [3.8, 4) is 0 Å². The fourth-order valence-corrected chi connectivity index (χ4v) is 1.64. The van der Waals surface area contributed by atoms with Crippen LogP contribution in [0.2, 0.25) is 5.02 Å². The number of alkyl halides is 3. The third kappa shape index (κ3) is 4.45. The fourth-order valence-electron chi connectivity index (χ4n) is 1.39. The van der Waals surface area contributed by atoms with Crippen LogP contribution in [0.15, 0.2) is 29.8 Å². The zero-order valence-electron chi connectivity index (χ0n) is 10.8. The van der Waals surface area contributed by atoms with Gasteiger partial charge in [-0.15, -0.1) is 0 Å². The monoisotopic (exact) mass is 307 g/mol. The lowest BCUT2D eigenvalue weighted by atomic mass is 10.2. The maximum absolute atomic E-state index is 12.4. The van der Waals surface area contributed by atoms with Crippen LogP contribution in [0.5, 0.6) is 0 Å². The molecule has 0 aliphatic heterocycles. The van der Waals surface area contributed by atoms with Gasteiger partial charge in [0.05, 0.1) is 23.4 Å². The third-order valence-corrected chi connectivity index (χ3v) is 2.82. The first-order valence-corrected chi connectivity index (χ1v) is 5.99. The van der Waals surface area contributed by atoms with Crippen molar-refractivity contribution >= 4 is 23.3 Å². The summed E-state index contributed by atoms with van der Waals surface area (Å²) in [6.45, 7) is 1.81. The quantitative estimate of drug-likeness (QED) is 0.677. The van der Waals surface area contributed by atoms with Gasteiger partial charge in [0.25, 0.3) is 0 Å². The van der Waals surface area contributed by atoms with E-state index in [1.54, 1.807) is 13.0 Å². The van der Waals surface area contributed by atoms with Crippen LogP contribution in [0.3, 0.4) is 0 Å². The Morgan fingerprint density at radius 2 is 2.10 bits per heavy atom. The van der Waals surface area contributed by atoms with Crippen molar-refractivity contribution in [2.75, 3.05) is 19.0 Å². The number of nitrogens with one attached hydrogen (secondary N) is 1. The summed E-state index contributed by atoms with van der Waals surface area (Å²) in [5, 5.41) is 2.78. The molecule has 7 heteroatoms. The number of carbonyl (C=O) groups is 1. The van der Waals surface area contributed by atoms with Crippen molar-refractivity contribution in [1.29, 1.82) is 0 Å². The lowest BCUT2D eigenvalue weighted by Gasteiger charge is -2.11. The van der Waals surface area contributed by atoms with Gasteiger partial charge >= 0.3 is 12.1 Å². The molecule has 1 rings (SSSR count). The minimum atomic E-state index is -4.43. The molecule has 0 saturated carbocycles. The van der Waals surface area contributed by atoms with Crippen molar-refractivity contribution in [1.82, 2.24) is 0 Å². The van der Waals surface area contributed by atoms with Crippen LogP contribution in [0.1, 0.15) is 12.5 Å². The Bertz CT molecular complexity index is 527. The van der Waals surface area contributed by atoms with E-state index in [1.165, 1.54) is 13.2 Å². The Morgan fingerprint density at radius 3 is 2.60 bits per heavy atom. The number of carbonyl (C=O) groups excluding carboxylic acids is 1. The summed E-state index contributed by atoms with van der Waals surface area (Å²) in [6, 6.07) is 3.03. The molecule has 0 bridgehead atoms. The normalized spacial score (nSPS) is 12.2. The summed E-state index contributed by atoms with van der Waals surface area (Å²) in [7, 11) is 1.26. The Labute approximate surface area is 119 Å². The zero-order valence-corrected chi connectivity index (χ0v) is 11.6. The molecule has 3 nitrogen and oxygen atoms in total. The Morgan fingerprint density at radius 1 is 1.45 bits per heavy atom. The Kier molecular flexibility index (Phi) is 5.44. The molecular formula is C13H13ClF3NO2. The topological polar surface area (TPSA) is 38.3 Å². The average molecular weight is 308 g/mol. The second kappa shape index (κ2) is 6.65. The molecule has 1 aromatic carbocycles. The van der Waals surface area contributed by atoms with Crippen LogP contribution in [-0.4, -0.2) is 19.6 Å². The first kappa shape index (κ1) is 16.4. The van der Waals surface area contributed by atoms with Crippen LogP contribution >= 0.6 is 11.6 Å². The van der Waals surface area contributed by atoms with Gasteiger partial charge < -0.3 is 10.1 Å². The lowest BCUT2D eigenvalue weighted by molar-refractivity contribution is -0.137. The van der Waals surface area contributed by atoms with Crippen LogP contribution in [0.4, 0.5) is 18.9 Å². The number of methoxy groups -OCH3 is 1. The minimum absolute atomic E-state index is 0.0380. The minimum Gasteiger partial charge on any atom is -0.466 e. The van der Waals surface area contributed by atoms with Gasteiger partial charge in [-0.2, -0.15) is 13.2 Å². The van der Waals surface area contributed by atoms with Crippen molar-refractivity contribution in [3.05, 3.63) is 40.4 Å². The molecule has 110 valence electrons. The van der Waals surface area contributed by atoms with E-state index < -0.39 is 17.7 Å². The van der Waals surface area contributed by atoms with E-state index in [-0.39, 0.29) is 11.6 Å². The van der Waals surface area contributed by atoms with Gasteiger partial charge in [-0.05, 0) is 25.1 Å². The van der Waals surface area contributed by atoms with Gasteiger partial charge in [0.15, 0.2) is 0 Å². The molecule has 0 fully saturated rings. The van der Waals surface area contributed by atoms with E-state index >= 15 is 0 Å².